The Hall–Kier alpha value is -1.59. The van der Waals surface area contributed by atoms with Crippen LogP contribution in [0.4, 0.5) is 0 Å². The minimum atomic E-state index is -0.532. The Morgan fingerprint density at radius 1 is 1.27 bits per heavy atom. The molecule has 0 aromatic heterocycles. The van der Waals surface area contributed by atoms with Crippen molar-refractivity contribution in [2.75, 3.05) is 13.2 Å². The molecule has 1 aromatic carbocycles. The number of aliphatic hydroxyl groups is 1. The summed E-state index contributed by atoms with van der Waals surface area (Å²) in [5.41, 5.74) is 1.03. The number of amides is 1. The first-order valence-electron chi connectivity index (χ1n) is 7.91. The zero-order valence-corrected chi connectivity index (χ0v) is 13.8. The predicted octanol–water partition coefficient (Wildman–Crippen LogP) is 1.84. The number of benzene rings is 1. The summed E-state index contributed by atoms with van der Waals surface area (Å²) in [7, 11) is 0. The van der Waals surface area contributed by atoms with E-state index in [-0.39, 0.29) is 12.5 Å². The first kappa shape index (κ1) is 18.5. The standard InChI is InChI=1S/C17H28N2O3/c1-4-5-17(21)19-10-14-6-8-16(9-7-14)22-12-15(20)11-18-13(2)3/h6-9,13,15,18,20H,4-5,10-12H2,1-3H3,(H,19,21)/t15-/m0/s1. The predicted molar refractivity (Wildman–Crippen MR) is 87.8 cm³/mol. The van der Waals surface area contributed by atoms with Gasteiger partial charge in [-0.3, -0.25) is 4.79 Å². The molecule has 1 atom stereocenters. The Morgan fingerprint density at radius 3 is 2.55 bits per heavy atom. The molecular formula is C17H28N2O3. The largest absolute Gasteiger partial charge is 0.491 e. The average molecular weight is 308 g/mol. The van der Waals surface area contributed by atoms with Gasteiger partial charge in [0.1, 0.15) is 18.5 Å². The van der Waals surface area contributed by atoms with E-state index >= 15 is 0 Å². The fraction of sp³-hybridized carbons (Fsp3) is 0.588. The number of nitrogens with one attached hydrogen (secondary N) is 2. The van der Waals surface area contributed by atoms with Gasteiger partial charge in [0.15, 0.2) is 0 Å². The van der Waals surface area contributed by atoms with Gasteiger partial charge < -0.3 is 20.5 Å². The van der Waals surface area contributed by atoms with Crippen LogP contribution < -0.4 is 15.4 Å². The molecule has 0 radical (unpaired) electrons. The van der Waals surface area contributed by atoms with Gasteiger partial charge in [0.05, 0.1) is 0 Å². The Kier molecular flexibility index (Phi) is 8.55. The van der Waals surface area contributed by atoms with Crippen LogP contribution in [0.25, 0.3) is 0 Å². The zero-order valence-electron chi connectivity index (χ0n) is 13.8. The zero-order chi connectivity index (χ0) is 16.4. The van der Waals surface area contributed by atoms with Crippen molar-refractivity contribution in [3.63, 3.8) is 0 Å². The summed E-state index contributed by atoms with van der Waals surface area (Å²) in [5.74, 6) is 0.788. The smallest absolute Gasteiger partial charge is 0.220 e. The van der Waals surface area contributed by atoms with Crippen LogP contribution in [-0.2, 0) is 11.3 Å². The second-order valence-corrected chi connectivity index (χ2v) is 5.70. The van der Waals surface area contributed by atoms with Crippen molar-refractivity contribution in [1.82, 2.24) is 10.6 Å². The van der Waals surface area contributed by atoms with Crippen LogP contribution in [-0.4, -0.2) is 36.3 Å². The lowest BCUT2D eigenvalue weighted by atomic mass is 10.2. The van der Waals surface area contributed by atoms with Crippen LogP contribution in [0.2, 0.25) is 0 Å². The van der Waals surface area contributed by atoms with E-state index in [0.717, 1.165) is 12.0 Å². The summed E-state index contributed by atoms with van der Waals surface area (Å²) in [4.78, 5) is 11.4. The van der Waals surface area contributed by atoms with Crippen LogP contribution in [0.3, 0.4) is 0 Å². The third-order valence-corrected chi connectivity index (χ3v) is 3.09. The van der Waals surface area contributed by atoms with Gasteiger partial charge in [-0.1, -0.05) is 32.9 Å². The normalized spacial score (nSPS) is 12.2. The van der Waals surface area contributed by atoms with E-state index in [1.165, 1.54) is 0 Å². The summed E-state index contributed by atoms with van der Waals surface area (Å²) in [6.45, 7) is 7.35. The molecule has 1 amide bonds. The van der Waals surface area contributed by atoms with Crippen LogP contribution >= 0.6 is 0 Å². The Labute approximate surface area is 133 Å². The summed E-state index contributed by atoms with van der Waals surface area (Å²) in [6.07, 6.45) is 0.881. The summed E-state index contributed by atoms with van der Waals surface area (Å²) in [6, 6.07) is 7.88. The molecule has 124 valence electrons. The number of aliphatic hydroxyl groups excluding tert-OH is 1. The highest BCUT2D eigenvalue weighted by atomic mass is 16.5. The van der Waals surface area contributed by atoms with Crippen molar-refractivity contribution in [1.29, 1.82) is 0 Å². The maximum absolute atomic E-state index is 11.4. The number of carbonyl (C=O) groups excluding carboxylic acids is 1. The monoisotopic (exact) mass is 308 g/mol. The van der Waals surface area contributed by atoms with E-state index in [0.29, 0.717) is 31.3 Å². The highest BCUT2D eigenvalue weighted by Crippen LogP contribution is 2.12. The molecule has 0 heterocycles. The summed E-state index contributed by atoms with van der Waals surface area (Å²) in [5, 5.41) is 15.8. The number of rotatable bonds is 10. The number of hydrogen-bond acceptors (Lipinski definition) is 4. The first-order chi connectivity index (χ1) is 10.5. The van der Waals surface area contributed by atoms with E-state index in [1.54, 1.807) is 0 Å². The maximum Gasteiger partial charge on any atom is 0.220 e. The number of ether oxygens (including phenoxy) is 1. The molecule has 0 aliphatic carbocycles. The first-order valence-corrected chi connectivity index (χ1v) is 7.91. The SMILES string of the molecule is CCCC(=O)NCc1ccc(OC[C@@H](O)CNC(C)C)cc1. The lowest BCUT2D eigenvalue weighted by Crippen LogP contribution is -2.35. The van der Waals surface area contributed by atoms with Gasteiger partial charge in [0.25, 0.3) is 0 Å². The molecule has 5 heteroatoms. The van der Waals surface area contributed by atoms with E-state index in [4.69, 9.17) is 4.74 Å². The van der Waals surface area contributed by atoms with Crippen LogP contribution in [0.1, 0.15) is 39.2 Å². The molecule has 0 fully saturated rings. The summed E-state index contributed by atoms with van der Waals surface area (Å²) >= 11 is 0. The minimum absolute atomic E-state index is 0.0728. The van der Waals surface area contributed by atoms with Crippen LogP contribution in [0, 0.1) is 0 Å². The molecule has 3 N–H and O–H groups in total. The van der Waals surface area contributed by atoms with Crippen molar-refractivity contribution < 1.29 is 14.6 Å². The molecule has 0 bridgehead atoms. The van der Waals surface area contributed by atoms with E-state index in [1.807, 2.05) is 45.0 Å². The van der Waals surface area contributed by atoms with Crippen molar-refractivity contribution in [2.24, 2.45) is 0 Å². The Balaban J connectivity index is 2.31. The molecule has 0 saturated heterocycles. The van der Waals surface area contributed by atoms with E-state index < -0.39 is 6.10 Å². The number of hydrogen-bond donors (Lipinski definition) is 3. The third kappa shape index (κ3) is 8.00. The molecular weight excluding hydrogens is 280 g/mol. The molecule has 1 rings (SSSR count). The Morgan fingerprint density at radius 2 is 1.95 bits per heavy atom. The summed E-state index contributed by atoms with van der Waals surface area (Å²) < 4.78 is 5.54. The molecule has 0 aliphatic rings. The van der Waals surface area contributed by atoms with Gasteiger partial charge in [-0.25, -0.2) is 0 Å². The lowest BCUT2D eigenvalue weighted by molar-refractivity contribution is -0.121. The van der Waals surface area contributed by atoms with Crippen molar-refractivity contribution in [3.8, 4) is 5.75 Å². The van der Waals surface area contributed by atoms with Gasteiger partial charge in [0, 0.05) is 25.6 Å². The topological polar surface area (TPSA) is 70.6 Å². The quantitative estimate of drug-likeness (QED) is 0.617. The highest BCUT2D eigenvalue weighted by Gasteiger charge is 2.06. The van der Waals surface area contributed by atoms with Gasteiger partial charge in [0.2, 0.25) is 5.91 Å². The Bertz CT molecular complexity index is 432. The minimum Gasteiger partial charge on any atom is -0.491 e. The van der Waals surface area contributed by atoms with Crippen LogP contribution in [0.15, 0.2) is 24.3 Å². The fourth-order valence-corrected chi connectivity index (χ4v) is 1.84. The molecule has 0 saturated carbocycles. The highest BCUT2D eigenvalue weighted by molar-refractivity contribution is 5.75. The maximum atomic E-state index is 11.4. The molecule has 0 unspecified atom stereocenters. The molecule has 0 aliphatic heterocycles. The van der Waals surface area contributed by atoms with Gasteiger partial charge in [-0.15, -0.1) is 0 Å². The van der Waals surface area contributed by atoms with Gasteiger partial charge in [-0.05, 0) is 24.1 Å². The molecule has 5 nitrogen and oxygen atoms in total. The molecule has 22 heavy (non-hydrogen) atoms. The average Bonchev–Trinajstić information content (AvgIpc) is 2.50. The van der Waals surface area contributed by atoms with Crippen LogP contribution in [0.5, 0.6) is 5.75 Å². The lowest BCUT2D eigenvalue weighted by Gasteiger charge is -2.15. The third-order valence-electron chi connectivity index (χ3n) is 3.09. The van der Waals surface area contributed by atoms with Gasteiger partial charge >= 0.3 is 0 Å². The van der Waals surface area contributed by atoms with E-state index in [9.17, 15) is 9.90 Å². The second kappa shape index (κ2) is 10.2. The van der Waals surface area contributed by atoms with Gasteiger partial charge in [-0.2, -0.15) is 0 Å². The van der Waals surface area contributed by atoms with Crippen molar-refractivity contribution in [2.45, 2.75) is 52.3 Å². The second-order valence-electron chi connectivity index (χ2n) is 5.70. The van der Waals surface area contributed by atoms with Crippen molar-refractivity contribution in [3.05, 3.63) is 29.8 Å². The van der Waals surface area contributed by atoms with E-state index in [2.05, 4.69) is 10.6 Å². The number of carbonyl (C=O) groups is 1. The van der Waals surface area contributed by atoms with Crippen molar-refractivity contribution >= 4 is 5.91 Å². The molecule has 1 aromatic rings. The fourth-order valence-electron chi connectivity index (χ4n) is 1.84. The molecule has 0 spiro atoms.